The average molecular weight is 738 g/mol. The van der Waals surface area contributed by atoms with Gasteiger partial charge in [-0.25, -0.2) is 0 Å². The van der Waals surface area contributed by atoms with Gasteiger partial charge in [0.05, 0.1) is 11.1 Å². The summed E-state index contributed by atoms with van der Waals surface area (Å²) in [5.41, 5.74) is 15.3. The normalized spacial score (nSPS) is 12.6. The minimum atomic E-state index is -0.472. The van der Waals surface area contributed by atoms with Gasteiger partial charge < -0.3 is 4.90 Å². The molecule has 1 aliphatic rings. The molecular formula is C57H39N. The summed E-state index contributed by atoms with van der Waals surface area (Å²) in [6, 6.07) is 86.8. The number of rotatable bonds is 7. The fourth-order valence-electron chi connectivity index (χ4n) is 9.67. The largest absolute Gasteiger partial charge is 0.309 e. The first-order valence-electron chi connectivity index (χ1n) is 20.1. The van der Waals surface area contributed by atoms with Crippen molar-refractivity contribution in [1.82, 2.24) is 0 Å². The summed E-state index contributed by atoms with van der Waals surface area (Å²) in [4.78, 5) is 2.51. The highest BCUT2D eigenvalue weighted by molar-refractivity contribution is 6.22. The Morgan fingerprint density at radius 3 is 1.38 bits per heavy atom. The molecule has 0 unspecified atom stereocenters. The van der Waals surface area contributed by atoms with E-state index < -0.39 is 5.41 Å². The van der Waals surface area contributed by atoms with Crippen LogP contribution in [0.25, 0.3) is 54.9 Å². The summed E-state index contributed by atoms with van der Waals surface area (Å²) in [6.07, 6.45) is 0. The Kier molecular flexibility index (Phi) is 8.12. The first-order chi connectivity index (χ1) is 28.8. The summed E-state index contributed by atoms with van der Waals surface area (Å²) in [5, 5.41) is 4.92. The van der Waals surface area contributed by atoms with Crippen LogP contribution in [0.3, 0.4) is 0 Å². The van der Waals surface area contributed by atoms with Crippen LogP contribution >= 0.6 is 0 Å². The van der Waals surface area contributed by atoms with Gasteiger partial charge >= 0.3 is 0 Å². The van der Waals surface area contributed by atoms with E-state index in [0.29, 0.717) is 0 Å². The van der Waals surface area contributed by atoms with Gasteiger partial charge in [-0.1, -0.05) is 212 Å². The second-order valence-electron chi connectivity index (χ2n) is 15.2. The fourth-order valence-corrected chi connectivity index (χ4v) is 9.67. The quantitative estimate of drug-likeness (QED) is 0.147. The van der Waals surface area contributed by atoms with Crippen molar-refractivity contribution in [2.75, 3.05) is 4.90 Å². The first-order valence-corrected chi connectivity index (χ1v) is 20.1. The molecule has 0 spiro atoms. The molecule has 58 heavy (non-hydrogen) atoms. The SMILES string of the molecule is c1ccc(-c2ccc(N(c3ccc4c(c3)-c3ccccc3C4(c3ccccc3)c3ccccc3)c3c(-c4ccccc4)c4ccccc4c4ccccc34)cc2)cc1. The first kappa shape index (κ1) is 33.8. The Morgan fingerprint density at radius 1 is 0.293 bits per heavy atom. The predicted octanol–water partition coefficient (Wildman–Crippen LogP) is 15.2. The van der Waals surface area contributed by atoms with E-state index in [1.807, 2.05) is 0 Å². The molecule has 0 saturated carbocycles. The molecule has 1 heteroatoms. The molecule has 0 bridgehead atoms. The second kappa shape index (κ2) is 13.9. The van der Waals surface area contributed by atoms with Crippen molar-refractivity contribution in [3.8, 4) is 33.4 Å². The molecule has 10 aromatic carbocycles. The molecule has 10 aromatic rings. The Morgan fingerprint density at radius 2 is 0.741 bits per heavy atom. The van der Waals surface area contributed by atoms with Crippen LogP contribution in [0.1, 0.15) is 22.3 Å². The smallest absolute Gasteiger partial charge is 0.0713 e. The van der Waals surface area contributed by atoms with Crippen LogP contribution in [0.2, 0.25) is 0 Å². The Hall–Kier alpha value is -7.48. The summed E-state index contributed by atoms with van der Waals surface area (Å²) < 4.78 is 0. The van der Waals surface area contributed by atoms with Crippen molar-refractivity contribution in [3.05, 3.63) is 259 Å². The average Bonchev–Trinajstić information content (AvgIpc) is 3.61. The highest BCUT2D eigenvalue weighted by atomic mass is 15.1. The molecule has 0 aliphatic heterocycles. The third-order valence-electron chi connectivity index (χ3n) is 12.1. The summed E-state index contributed by atoms with van der Waals surface area (Å²) in [5.74, 6) is 0. The van der Waals surface area contributed by atoms with Crippen LogP contribution in [0.4, 0.5) is 17.1 Å². The molecule has 0 amide bonds. The Bertz CT molecular complexity index is 3040. The number of anilines is 3. The lowest BCUT2D eigenvalue weighted by Crippen LogP contribution is -2.28. The van der Waals surface area contributed by atoms with E-state index in [0.717, 1.165) is 17.1 Å². The molecule has 0 aromatic heterocycles. The van der Waals surface area contributed by atoms with E-state index in [9.17, 15) is 0 Å². The van der Waals surface area contributed by atoms with Crippen LogP contribution in [-0.2, 0) is 5.41 Å². The molecule has 0 atom stereocenters. The van der Waals surface area contributed by atoms with Gasteiger partial charge in [-0.3, -0.25) is 0 Å². The lowest BCUT2D eigenvalue weighted by Gasteiger charge is -2.34. The minimum Gasteiger partial charge on any atom is -0.309 e. The van der Waals surface area contributed by atoms with Gasteiger partial charge in [0.2, 0.25) is 0 Å². The predicted molar refractivity (Wildman–Crippen MR) is 244 cm³/mol. The van der Waals surface area contributed by atoms with Gasteiger partial charge in [-0.2, -0.15) is 0 Å². The van der Waals surface area contributed by atoms with E-state index >= 15 is 0 Å². The standard InChI is InChI=1S/C57H39N/c1-5-19-40(20-6-1)41-33-35-45(36-34-41)58(56-51-31-16-14-28-48(51)47-27-13-15-30-50(47)55(56)42-21-7-2-8-22-42)46-37-38-54-52(39-46)49-29-17-18-32-53(49)57(54,43-23-9-3-10-24-43)44-25-11-4-12-26-44/h1-39H. The van der Waals surface area contributed by atoms with Crippen LogP contribution in [0.15, 0.2) is 237 Å². The number of hydrogen-bond acceptors (Lipinski definition) is 1. The maximum atomic E-state index is 2.51. The topological polar surface area (TPSA) is 3.24 Å². The van der Waals surface area contributed by atoms with Gasteiger partial charge in [-0.05, 0) is 90.5 Å². The lowest BCUT2D eigenvalue weighted by molar-refractivity contribution is 0.768. The van der Waals surface area contributed by atoms with E-state index in [1.54, 1.807) is 0 Å². The zero-order valence-corrected chi connectivity index (χ0v) is 32.0. The third kappa shape index (κ3) is 5.25. The monoisotopic (exact) mass is 737 g/mol. The molecule has 1 nitrogen and oxygen atoms in total. The number of benzene rings is 10. The number of fused-ring (bicyclic) bond motifs is 6. The van der Waals surface area contributed by atoms with Gasteiger partial charge in [-0.15, -0.1) is 0 Å². The second-order valence-corrected chi connectivity index (χ2v) is 15.2. The highest BCUT2D eigenvalue weighted by Gasteiger charge is 2.46. The Balaban J connectivity index is 1.23. The molecule has 0 saturated heterocycles. The third-order valence-corrected chi connectivity index (χ3v) is 12.1. The van der Waals surface area contributed by atoms with E-state index in [2.05, 4.69) is 241 Å². The van der Waals surface area contributed by atoms with Crippen LogP contribution in [0, 0.1) is 0 Å². The molecule has 0 radical (unpaired) electrons. The van der Waals surface area contributed by atoms with Crippen molar-refractivity contribution in [2.45, 2.75) is 5.41 Å². The molecular weight excluding hydrogens is 699 g/mol. The maximum absolute atomic E-state index is 2.51. The highest BCUT2D eigenvalue weighted by Crippen LogP contribution is 2.58. The van der Waals surface area contributed by atoms with Crippen molar-refractivity contribution >= 4 is 38.6 Å². The summed E-state index contributed by atoms with van der Waals surface area (Å²) >= 11 is 0. The molecule has 0 N–H and O–H groups in total. The molecule has 272 valence electrons. The maximum Gasteiger partial charge on any atom is 0.0713 e. The minimum absolute atomic E-state index is 0.472. The molecule has 0 heterocycles. The van der Waals surface area contributed by atoms with Crippen LogP contribution in [-0.4, -0.2) is 0 Å². The van der Waals surface area contributed by atoms with Crippen molar-refractivity contribution in [1.29, 1.82) is 0 Å². The van der Waals surface area contributed by atoms with Crippen LogP contribution < -0.4 is 4.90 Å². The summed E-state index contributed by atoms with van der Waals surface area (Å²) in [6.45, 7) is 0. The van der Waals surface area contributed by atoms with Crippen molar-refractivity contribution < 1.29 is 0 Å². The number of nitrogens with zero attached hydrogens (tertiary/aromatic N) is 1. The fraction of sp³-hybridized carbons (Fsp3) is 0.0175. The van der Waals surface area contributed by atoms with Gasteiger partial charge in [0.15, 0.2) is 0 Å². The molecule has 0 fully saturated rings. The van der Waals surface area contributed by atoms with E-state index in [4.69, 9.17) is 0 Å². The van der Waals surface area contributed by atoms with Crippen LogP contribution in [0.5, 0.6) is 0 Å². The Labute approximate surface area is 339 Å². The van der Waals surface area contributed by atoms with E-state index in [-0.39, 0.29) is 0 Å². The lowest BCUT2D eigenvalue weighted by atomic mass is 9.68. The zero-order chi connectivity index (χ0) is 38.5. The van der Waals surface area contributed by atoms with Gasteiger partial charge in [0, 0.05) is 22.3 Å². The molecule has 1 aliphatic carbocycles. The summed E-state index contributed by atoms with van der Waals surface area (Å²) in [7, 11) is 0. The molecule has 11 rings (SSSR count). The van der Waals surface area contributed by atoms with Gasteiger partial charge in [0.25, 0.3) is 0 Å². The number of hydrogen-bond donors (Lipinski definition) is 0. The van der Waals surface area contributed by atoms with E-state index in [1.165, 1.54) is 77.2 Å². The zero-order valence-electron chi connectivity index (χ0n) is 32.0. The van der Waals surface area contributed by atoms with Crippen molar-refractivity contribution in [3.63, 3.8) is 0 Å². The van der Waals surface area contributed by atoms with Gasteiger partial charge in [0.1, 0.15) is 0 Å². The van der Waals surface area contributed by atoms with Crippen molar-refractivity contribution in [2.24, 2.45) is 0 Å².